The Balaban J connectivity index is 3.94. The molecule has 0 radical (unpaired) electrons. The third-order valence-electron chi connectivity index (χ3n) is 0.943. The van der Waals surface area contributed by atoms with E-state index in [9.17, 15) is 9.26 Å². The van der Waals surface area contributed by atoms with Gasteiger partial charge < -0.3 is 14.0 Å². The number of hydrogen-bond donors (Lipinski definition) is 1. The van der Waals surface area contributed by atoms with Crippen molar-refractivity contribution in [2.75, 3.05) is 6.61 Å². The van der Waals surface area contributed by atoms with Crippen molar-refractivity contribution in [2.45, 2.75) is 13.0 Å². The number of carboxylic acid groups (broad SMARTS) is 1. The Labute approximate surface area is 71.5 Å². The van der Waals surface area contributed by atoms with Crippen LogP contribution in [0.4, 0.5) is 0 Å². The van der Waals surface area contributed by atoms with Crippen LogP contribution < -0.4 is 0 Å². The molecule has 0 fully saturated rings. The van der Waals surface area contributed by atoms with E-state index in [2.05, 4.69) is 15.4 Å². The minimum atomic E-state index is -2.70. The second-order valence-electron chi connectivity index (χ2n) is 1.80. The van der Waals surface area contributed by atoms with Crippen LogP contribution in [-0.4, -0.2) is 33.0 Å². The molecular formula is C6H10O5Si. The molecule has 0 aliphatic rings. The Morgan fingerprint density at radius 3 is 2.75 bits per heavy atom. The van der Waals surface area contributed by atoms with Gasteiger partial charge in [-0.3, -0.25) is 4.46 Å². The molecule has 5 nitrogen and oxygen atoms in total. The molecule has 0 aliphatic carbocycles. The van der Waals surface area contributed by atoms with Gasteiger partial charge >= 0.3 is 15.1 Å². The summed E-state index contributed by atoms with van der Waals surface area (Å²) in [5, 5.41) is 8.42. The van der Waals surface area contributed by atoms with E-state index in [-0.39, 0.29) is 6.61 Å². The van der Waals surface area contributed by atoms with Crippen molar-refractivity contribution in [3.8, 4) is 0 Å². The Bertz CT molecular complexity index is 190. The highest BCUT2D eigenvalue weighted by Crippen LogP contribution is 1.93. The summed E-state index contributed by atoms with van der Waals surface area (Å²) in [5.41, 5.74) is 0. The number of carbonyl (C=O) groups is 1. The average Bonchev–Trinajstić information content (AvgIpc) is 2.00. The Hall–Kier alpha value is -1.17. The topological polar surface area (TPSA) is 72.8 Å². The molecule has 0 aliphatic heterocycles. The van der Waals surface area contributed by atoms with Gasteiger partial charge in [0.15, 0.2) is 0 Å². The molecule has 0 amide bonds. The summed E-state index contributed by atoms with van der Waals surface area (Å²) in [6.07, 6.45) is -0.216. The van der Waals surface area contributed by atoms with E-state index in [1.807, 2.05) is 0 Å². The fraction of sp³-hybridized carbons (Fsp3) is 0.500. The molecule has 0 aromatic heterocycles. The first-order chi connectivity index (χ1) is 5.61. The average molecular weight is 190 g/mol. The van der Waals surface area contributed by atoms with Crippen LogP contribution in [0.3, 0.4) is 0 Å². The van der Waals surface area contributed by atoms with Crippen molar-refractivity contribution >= 4 is 15.1 Å². The predicted octanol–water partition coefficient (Wildman–Crippen LogP) is 0.0941. The lowest BCUT2D eigenvalue weighted by molar-refractivity contribution is -0.143. The van der Waals surface area contributed by atoms with E-state index in [0.29, 0.717) is 0 Å². The molecule has 0 saturated carbocycles. The van der Waals surface area contributed by atoms with Crippen molar-refractivity contribution in [3.63, 3.8) is 0 Å². The molecule has 0 rings (SSSR count). The first-order valence-electron chi connectivity index (χ1n) is 3.30. The van der Waals surface area contributed by atoms with Crippen LogP contribution in [0.5, 0.6) is 0 Å². The van der Waals surface area contributed by atoms with Gasteiger partial charge in [-0.2, -0.15) is 0 Å². The largest absolute Gasteiger partial charge is 0.768 e. The molecule has 0 saturated heterocycles. The van der Waals surface area contributed by atoms with E-state index in [1.54, 1.807) is 6.92 Å². The summed E-state index contributed by atoms with van der Waals surface area (Å²) >= 11 is 0. The van der Waals surface area contributed by atoms with E-state index < -0.39 is 21.2 Å². The first-order valence-corrected chi connectivity index (χ1v) is 4.53. The molecule has 0 heterocycles. The molecule has 6 heteroatoms. The van der Waals surface area contributed by atoms with Gasteiger partial charge in [0.1, 0.15) is 0 Å². The molecule has 1 atom stereocenters. The summed E-state index contributed by atoms with van der Waals surface area (Å²) < 4.78 is 19.8. The lowest BCUT2D eigenvalue weighted by atomic mass is 10.4. The molecule has 68 valence electrons. The second kappa shape index (κ2) is 5.47. The van der Waals surface area contributed by atoms with Gasteiger partial charge in [-0.1, -0.05) is 6.58 Å². The summed E-state index contributed by atoms with van der Waals surface area (Å²) in [6.45, 7) is 5.07. The smallest absolute Gasteiger partial charge is 0.496 e. The van der Waals surface area contributed by atoms with Crippen molar-refractivity contribution in [1.82, 2.24) is 0 Å². The molecule has 0 aromatic carbocycles. The highest BCUT2D eigenvalue weighted by atomic mass is 28.3. The van der Waals surface area contributed by atoms with Crippen molar-refractivity contribution in [2.24, 2.45) is 0 Å². The molecule has 0 aromatic rings. The first kappa shape index (κ1) is 10.8. The van der Waals surface area contributed by atoms with E-state index in [0.717, 1.165) is 6.08 Å². The third kappa shape index (κ3) is 3.87. The van der Waals surface area contributed by atoms with Crippen LogP contribution in [0.15, 0.2) is 12.7 Å². The van der Waals surface area contributed by atoms with Gasteiger partial charge in [0.25, 0.3) is 0 Å². The van der Waals surface area contributed by atoms with Crippen LogP contribution in [-0.2, 0) is 18.1 Å². The second-order valence-corrected chi connectivity index (χ2v) is 2.82. The molecule has 1 unspecified atom stereocenters. The summed E-state index contributed by atoms with van der Waals surface area (Å²) in [4.78, 5) is 10.3. The van der Waals surface area contributed by atoms with Gasteiger partial charge in [0.2, 0.25) is 6.10 Å². The number of hydrogen-bond acceptors (Lipinski definition) is 4. The maximum Gasteiger partial charge on any atom is 0.768 e. The fourth-order valence-corrected chi connectivity index (χ4v) is 1.16. The van der Waals surface area contributed by atoms with Crippen LogP contribution in [0, 0.1) is 0 Å². The van der Waals surface area contributed by atoms with Crippen molar-refractivity contribution in [1.29, 1.82) is 0 Å². The molecule has 0 bridgehead atoms. The monoisotopic (exact) mass is 190 g/mol. The van der Waals surface area contributed by atoms with Crippen LogP contribution in [0.25, 0.3) is 0 Å². The Morgan fingerprint density at radius 2 is 2.42 bits per heavy atom. The lowest BCUT2D eigenvalue weighted by Gasteiger charge is -2.07. The van der Waals surface area contributed by atoms with Crippen molar-refractivity contribution in [3.05, 3.63) is 12.7 Å². The maximum atomic E-state index is 10.7. The zero-order chi connectivity index (χ0) is 9.56. The fourth-order valence-electron chi connectivity index (χ4n) is 0.455. The van der Waals surface area contributed by atoms with Gasteiger partial charge in [-0.25, -0.2) is 4.79 Å². The highest BCUT2D eigenvalue weighted by Gasteiger charge is 2.21. The van der Waals surface area contributed by atoms with Crippen LogP contribution in [0.2, 0.25) is 0 Å². The van der Waals surface area contributed by atoms with E-state index in [1.165, 1.54) is 0 Å². The molecular weight excluding hydrogens is 180 g/mol. The van der Waals surface area contributed by atoms with E-state index in [4.69, 9.17) is 5.11 Å². The maximum absolute atomic E-state index is 10.7. The number of aliphatic carboxylic acids is 1. The summed E-state index contributed by atoms with van der Waals surface area (Å²) in [6, 6.07) is 0. The van der Waals surface area contributed by atoms with Gasteiger partial charge in [0.05, 0.1) is 6.61 Å². The van der Waals surface area contributed by atoms with Crippen LogP contribution in [0.1, 0.15) is 6.92 Å². The molecule has 1 N–H and O–H groups in total. The van der Waals surface area contributed by atoms with Gasteiger partial charge in [-0.05, 0) is 13.0 Å². The minimum Gasteiger partial charge on any atom is -0.496 e. The lowest BCUT2D eigenvalue weighted by Crippen LogP contribution is -2.27. The van der Waals surface area contributed by atoms with Gasteiger partial charge in [-0.15, -0.1) is 0 Å². The zero-order valence-corrected chi connectivity index (χ0v) is 7.65. The SMILES string of the molecule is C=CC(O[Si](=O)OCC)C(=O)O. The summed E-state index contributed by atoms with van der Waals surface area (Å²) in [5.74, 6) is -1.23. The highest BCUT2D eigenvalue weighted by molar-refractivity contribution is 6.26. The molecule has 12 heavy (non-hydrogen) atoms. The zero-order valence-electron chi connectivity index (χ0n) is 6.65. The van der Waals surface area contributed by atoms with E-state index >= 15 is 0 Å². The third-order valence-corrected chi connectivity index (χ3v) is 1.91. The Kier molecular flexibility index (Phi) is 4.94. The number of rotatable bonds is 6. The normalized spacial score (nSPS) is 11.4. The Morgan fingerprint density at radius 1 is 1.83 bits per heavy atom. The summed E-state index contributed by atoms with van der Waals surface area (Å²) in [7, 11) is -2.70. The minimum absolute atomic E-state index is 0.223. The predicted molar refractivity (Wildman–Crippen MR) is 40.8 cm³/mol. The quantitative estimate of drug-likeness (QED) is 0.475. The number of carboxylic acids is 1. The van der Waals surface area contributed by atoms with Crippen molar-refractivity contribution < 1.29 is 23.2 Å². The molecule has 0 spiro atoms. The van der Waals surface area contributed by atoms with Gasteiger partial charge in [0, 0.05) is 0 Å². The standard InChI is InChI=1S/C6H10O5Si/c1-3-5(6(7)8)11-12(9)10-4-2/h3,5H,1,4H2,2H3,(H,7,8). The van der Waals surface area contributed by atoms with Crippen LogP contribution >= 0.6 is 0 Å².